The summed E-state index contributed by atoms with van der Waals surface area (Å²) < 4.78 is 88.6. The van der Waals surface area contributed by atoms with Crippen molar-refractivity contribution >= 4 is 67.4 Å². The summed E-state index contributed by atoms with van der Waals surface area (Å²) in [6.45, 7) is 15.7. The molecule has 0 aliphatic carbocycles. The van der Waals surface area contributed by atoms with Gasteiger partial charge in [0.05, 0.1) is 115 Å². The van der Waals surface area contributed by atoms with Crippen LogP contribution in [0.4, 0.5) is 41.4 Å². The van der Waals surface area contributed by atoms with Crippen LogP contribution in [0.5, 0.6) is 23.5 Å². The zero-order valence-corrected chi connectivity index (χ0v) is 81.5. The number of nitrogens with one attached hydrogen (secondary N) is 3. The molecule has 4 aliphatic heterocycles. The van der Waals surface area contributed by atoms with Gasteiger partial charge >= 0.3 is 0 Å². The molecule has 0 radical (unpaired) electrons. The summed E-state index contributed by atoms with van der Waals surface area (Å²) in [6, 6.07) is 73.6. The number of aromatic nitrogens is 20. The van der Waals surface area contributed by atoms with Gasteiger partial charge in [0.25, 0.3) is 0 Å². The number of rotatable bonds is 26. The van der Waals surface area contributed by atoms with Crippen LogP contribution in [0.15, 0.2) is 267 Å². The number of pyridine rings is 4. The van der Waals surface area contributed by atoms with Crippen LogP contribution in [-0.2, 0) is 25.7 Å². The number of benzene rings is 8. The molecule has 16 heterocycles. The van der Waals surface area contributed by atoms with Crippen molar-refractivity contribution in [1.29, 1.82) is 0 Å². The van der Waals surface area contributed by atoms with Crippen molar-refractivity contribution in [3.05, 3.63) is 336 Å². The van der Waals surface area contributed by atoms with Gasteiger partial charge in [-0.05, 0) is 235 Å². The van der Waals surface area contributed by atoms with E-state index < -0.39 is 0 Å². The molecule has 146 heavy (non-hydrogen) atoms. The quantitative estimate of drug-likeness (QED) is 0.0366. The minimum atomic E-state index is -0.294. The van der Waals surface area contributed by atoms with Gasteiger partial charge in [0.15, 0.2) is 0 Å². The number of fused-ring (bicyclic) bond motifs is 8. The minimum absolute atomic E-state index is 0.0338. The Morgan fingerprint density at radius 3 is 0.863 bits per heavy atom. The van der Waals surface area contributed by atoms with Crippen LogP contribution in [-0.4, -0.2) is 145 Å². The van der Waals surface area contributed by atoms with E-state index in [1.807, 2.05) is 128 Å². The number of nitrogen functional groups attached to an aromatic ring is 1. The number of nitrogens with two attached hydrogens (primary N) is 1. The first kappa shape index (κ1) is 94.9. The summed E-state index contributed by atoms with van der Waals surface area (Å²) in [5.74, 6) is 6.98. The Kier molecular flexibility index (Phi) is 27.3. The molecule has 0 fully saturated rings. The molecule has 24 rings (SSSR count). The van der Waals surface area contributed by atoms with Crippen molar-refractivity contribution in [2.75, 3.05) is 68.2 Å². The highest BCUT2D eigenvalue weighted by Crippen LogP contribution is 2.46. The van der Waals surface area contributed by atoms with E-state index >= 15 is 0 Å². The van der Waals surface area contributed by atoms with Crippen LogP contribution >= 0.6 is 0 Å². The van der Waals surface area contributed by atoms with Crippen molar-refractivity contribution in [3.8, 4) is 114 Å². The van der Waals surface area contributed by atoms with Gasteiger partial charge in [-0.25, -0.2) is 97.3 Å². The molecule has 4 unspecified atom stereocenters. The van der Waals surface area contributed by atoms with Gasteiger partial charge in [-0.15, -0.1) is 0 Å². The van der Waals surface area contributed by atoms with Crippen molar-refractivity contribution < 1.29 is 36.5 Å². The van der Waals surface area contributed by atoms with Gasteiger partial charge in [0.2, 0.25) is 47.3 Å². The molecule has 0 saturated carbocycles. The number of aryl methyl sites for hydroxylation is 8. The largest absolute Gasteiger partial charge is 0.475 e. The molecule has 20 aromatic rings. The fraction of sp³-hybridized carbons (Fsp3) is 0.228. The van der Waals surface area contributed by atoms with E-state index in [9.17, 15) is 17.6 Å². The maximum atomic E-state index is 13.7. The van der Waals surface area contributed by atoms with Crippen molar-refractivity contribution in [1.82, 2.24) is 98.0 Å². The average Bonchev–Trinajstić information content (AvgIpc) is 1.61. The third kappa shape index (κ3) is 20.1. The lowest BCUT2D eigenvalue weighted by molar-refractivity contribution is 0.247. The molecule has 0 spiro atoms. The predicted molar refractivity (Wildman–Crippen MR) is 559 cm³/mol. The van der Waals surface area contributed by atoms with E-state index in [-0.39, 0.29) is 53.4 Å². The van der Waals surface area contributed by atoms with Crippen LogP contribution in [0.25, 0.3) is 134 Å². The number of ether oxygens (including phenoxy) is 4. The first-order chi connectivity index (χ1) is 71.4. The Labute approximate surface area is 839 Å². The molecule has 32 heteroatoms. The molecule has 0 amide bonds. The van der Waals surface area contributed by atoms with Crippen molar-refractivity contribution in [3.63, 3.8) is 0 Å². The molecule has 0 bridgehead atoms. The standard InChI is InChI=1S/C30H29FN6O.C29H27FN6O.C28H25FN6O.C27H23FN6O/c1-3-15-32-30-33-16-14-25(35-30)29-28(20-8-10-21(31)11-9-20)36-26-13-12-22(37(26)29)18-38-27-17-19(2)23-6-4-5-7-24(23)34-27;1-3-31-29-32-15-14-24(34-29)28-27(19-8-10-20(30)11-9-19)35-25-13-12-21(36(25)28)17-37-26-16-18(2)22-6-4-5-7-23(22)33-26;1-17-15-25(32-22-6-4-3-5-21(17)22)36-16-20-11-12-24-34-26(18-7-9-19(29)10-8-18)27(35(20)24)23-13-14-31-28(30-2)33-23;1-16-14-24(31-21-5-3-2-4-20(16)21)35-15-19-10-11-23-33-25(17-6-8-18(28)9-7-17)26(34(19)23)22-12-13-30-27(29)32-22/h4-11,14,16-17,22H,3,12-13,15,18H2,1-2H3,(H,32,33,35);4-11,14-16,21H,3,12-13,17H2,1-2H3,(H,31,32,34);3-10,13-15,20H,11-12,16H2,1-2H3,(H,30,31,33);2-9,12-14,19H,10-11,15H2,1H3,(H2,29,30,32). The minimum Gasteiger partial charge on any atom is -0.475 e. The van der Waals surface area contributed by atoms with Crippen molar-refractivity contribution in [2.24, 2.45) is 0 Å². The van der Waals surface area contributed by atoms with E-state index in [1.165, 1.54) is 48.5 Å². The zero-order valence-electron chi connectivity index (χ0n) is 81.5. The molecule has 4 aliphatic rings. The highest BCUT2D eigenvalue weighted by molar-refractivity contribution is 5.87. The number of imidazole rings is 4. The van der Waals surface area contributed by atoms with Gasteiger partial charge in [0, 0.05) is 139 Å². The fourth-order valence-electron chi connectivity index (χ4n) is 19.7. The summed E-state index contributed by atoms with van der Waals surface area (Å²) in [4.78, 5) is 74.5. The molecule has 732 valence electrons. The third-order valence-corrected chi connectivity index (χ3v) is 26.7. The monoisotopic (exact) mass is 1950 g/mol. The number of hydrogen-bond donors (Lipinski definition) is 4. The molecule has 8 aromatic carbocycles. The predicted octanol–water partition coefficient (Wildman–Crippen LogP) is 23.2. The topological polar surface area (TPSA) is 325 Å². The van der Waals surface area contributed by atoms with E-state index in [2.05, 4.69) is 123 Å². The second-order valence-electron chi connectivity index (χ2n) is 36.4. The fourth-order valence-corrected chi connectivity index (χ4v) is 19.7. The van der Waals surface area contributed by atoms with Crippen LogP contribution in [0, 0.1) is 51.0 Å². The number of nitrogens with zero attached hydrogens (tertiary/aromatic N) is 20. The Balaban J connectivity index is 0.000000114. The number of para-hydroxylation sites is 4. The second kappa shape index (κ2) is 42.1. The molecular weight excluding hydrogens is 1850 g/mol. The van der Waals surface area contributed by atoms with E-state index in [4.69, 9.17) is 74.5 Å². The van der Waals surface area contributed by atoms with Gasteiger partial charge in [-0.2, -0.15) is 0 Å². The second-order valence-corrected chi connectivity index (χ2v) is 36.4. The maximum Gasteiger partial charge on any atom is 0.223 e. The molecule has 12 aromatic heterocycles. The average molecular weight is 1950 g/mol. The molecule has 0 saturated heterocycles. The Bertz CT molecular complexity index is 8190. The summed E-state index contributed by atoms with van der Waals surface area (Å²) in [6.07, 6.45) is 14.7. The SMILES string of the molecule is CCCNc1nccc(-c2c(-c3ccc(F)cc3)nc3n2C(COc2cc(C)c4ccccc4n2)CC3)n1.CCNc1nccc(-c2c(-c3ccc(F)cc3)nc3n2C(COc2cc(C)c4ccccc4n2)CC3)n1.CNc1nccc(-c2c(-c3ccc(F)cc3)nc3n2C(COc2cc(C)c4ccccc4n2)CC3)n1.Cc1cc(OCC2CCc3nc(-c4ccc(F)cc4)c(-c4ccnc(N)n4)n32)nc2ccccc12. The zero-order chi connectivity index (χ0) is 100. The van der Waals surface area contributed by atoms with E-state index in [0.717, 1.165) is 238 Å². The smallest absolute Gasteiger partial charge is 0.223 e. The number of hydrogen-bond acceptors (Lipinski definition) is 24. The van der Waals surface area contributed by atoms with Crippen LogP contribution in [0.2, 0.25) is 0 Å². The molecule has 4 atom stereocenters. The normalized spacial score (nSPS) is 14.7. The number of anilines is 4. The summed E-state index contributed by atoms with van der Waals surface area (Å²) in [5, 5.41) is 14.0. The molecule has 5 N–H and O–H groups in total. The van der Waals surface area contributed by atoms with Crippen LogP contribution < -0.4 is 40.6 Å². The first-order valence-electron chi connectivity index (χ1n) is 49.1. The lowest BCUT2D eigenvalue weighted by Gasteiger charge is -2.18. The lowest BCUT2D eigenvalue weighted by Crippen LogP contribution is -2.16. The summed E-state index contributed by atoms with van der Waals surface area (Å²) >= 11 is 0. The third-order valence-electron chi connectivity index (χ3n) is 26.7. The van der Waals surface area contributed by atoms with E-state index in [1.54, 1.807) is 80.4 Å². The van der Waals surface area contributed by atoms with Gasteiger partial charge in [0.1, 0.15) is 73.0 Å². The lowest BCUT2D eigenvalue weighted by atomic mass is 10.1. The van der Waals surface area contributed by atoms with E-state index in [0.29, 0.717) is 80.0 Å². The Hall–Kier alpha value is -17.3. The number of halogens is 4. The highest BCUT2D eigenvalue weighted by atomic mass is 19.1. The van der Waals surface area contributed by atoms with Crippen molar-refractivity contribution in [2.45, 2.75) is 123 Å². The van der Waals surface area contributed by atoms with Crippen LogP contribution in [0.1, 0.15) is 116 Å². The molecule has 28 nitrogen and oxygen atoms in total. The Morgan fingerprint density at radius 2 is 0.582 bits per heavy atom. The summed E-state index contributed by atoms with van der Waals surface area (Å²) in [7, 11) is 1.79. The molecular formula is C114H104F4N24O4. The van der Waals surface area contributed by atoms with Gasteiger partial charge in [-0.3, -0.25) is 0 Å². The highest BCUT2D eigenvalue weighted by Gasteiger charge is 2.37. The van der Waals surface area contributed by atoms with Crippen LogP contribution in [0.3, 0.4) is 0 Å². The van der Waals surface area contributed by atoms with Gasteiger partial charge in [-0.1, -0.05) is 79.7 Å². The summed E-state index contributed by atoms with van der Waals surface area (Å²) in [5.41, 5.74) is 26.9. The Morgan fingerprint density at radius 1 is 0.315 bits per heavy atom. The maximum absolute atomic E-state index is 13.7. The first-order valence-corrected chi connectivity index (χ1v) is 49.1. The van der Waals surface area contributed by atoms with Gasteiger partial charge < -0.3 is 58.9 Å².